The van der Waals surface area contributed by atoms with Gasteiger partial charge >= 0.3 is 0 Å². The van der Waals surface area contributed by atoms with Crippen LogP contribution in [0.25, 0.3) is 0 Å². The summed E-state index contributed by atoms with van der Waals surface area (Å²) in [4.78, 5) is 28.3. The minimum absolute atomic E-state index is 0. The van der Waals surface area contributed by atoms with Gasteiger partial charge in [0.05, 0.1) is 12.2 Å². The number of nitrogens with one attached hydrogen (secondary N) is 3. The molecule has 67 heavy (non-hydrogen) atoms. The number of aliphatic hydroxyl groups excluding tert-OH is 2. The molecule has 0 fully saturated rings. The summed E-state index contributed by atoms with van der Waals surface area (Å²) >= 11 is 0. The Morgan fingerprint density at radius 2 is 0.955 bits per heavy atom. The van der Waals surface area contributed by atoms with Crippen LogP contribution in [0.4, 0.5) is 0 Å². The number of aromatic hydroxyl groups is 2. The van der Waals surface area contributed by atoms with Crippen LogP contribution in [0.2, 0.25) is 0 Å². The second-order valence-electron chi connectivity index (χ2n) is 17.6. The lowest BCUT2D eigenvalue weighted by molar-refractivity contribution is 0.0576. The first kappa shape index (κ1) is 53.7. The van der Waals surface area contributed by atoms with Crippen LogP contribution in [-0.4, -0.2) is 68.9 Å². The summed E-state index contributed by atoms with van der Waals surface area (Å²) in [5.74, 6) is 0.304. The molecule has 10 nitrogen and oxygen atoms in total. The van der Waals surface area contributed by atoms with E-state index in [1.807, 2.05) is 77.7 Å². The molecule has 7 N–H and O–H groups in total. The van der Waals surface area contributed by atoms with Gasteiger partial charge in [-0.25, -0.2) is 0 Å². The number of nitrogens with zero attached hydrogens (tertiary/aromatic N) is 1. The quantitative estimate of drug-likeness (QED) is 0.0333. The van der Waals surface area contributed by atoms with E-state index in [4.69, 9.17) is 0 Å². The third-order valence-corrected chi connectivity index (χ3v) is 11.4. The third-order valence-electron chi connectivity index (χ3n) is 11.4. The van der Waals surface area contributed by atoms with Gasteiger partial charge in [-0.2, -0.15) is 13.5 Å². The molecule has 2 atom stereocenters. The molecule has 0 heterocycles. The summed E-state index contributed by atoms with van der Waals surface area (Å²) in [6.07, 6.45) is 4.57. The highest BCUT2D eigenvalue weighted by molar-refractivity contribution is 7.59. The van der Waals surface area contributed by atoms with Gasteiger partial charge in [0.15, 0.2) is 0 Å². The number of carbonyl (C=O) groups excluding carboxylic acids is 2. The van der Waals surface area contributed by atoms with Crippen molar-refractivity contribution in [3.8, 4) is 11.5 Å². The zero-order valence-corrected chi connectivity index (χ0v) is 40.2. The van der Waals surface area contributed by atoms with Crippen molar-refractivity contribution in [1.82, 2.24) is 20.9 Å². The lowest BCUT2D eigenvalue weighted by atomic mass is 9.99. The first-order chi connectivity index (χ1) is 31.9. The smallest absolute Gasteiger partial charge is 0.254 e. The monoisotopic (exact) mass is 927 g/mol. The number of rotatable bonds is 22. The number of unbranched alkanes of at least 4 members (excludes halogenated alkanes) is 2. The Bertz CT molecular complexity index is 2340. The lowest BCUT2D eigenvalue weighted by Gasteiger charge is -2.36. The molecule has 0 radical (unpaired) electrons. The Hall–Kier alpha value is -5.95. The molecular weight excluding hydrogens is 857 g/mol. The highest BCUT2D eigenvalue weighted by Gasteiger charge is 2.28. The van der Waals surface area contributed by atoms with Gasteiger partial charge in [0.25, 0.3) is 11.8 Å². The molecule has 6 aromatic rings. The van der Waals surface area contributed by atoms with Gasteiger partial charge in [-0.05, 0) is 129 Å². The second kappa shape index (κ2) is 28.3. The van der Waals surface area contributed by atoms with E-state index in [-0.39, 0.29) is 42.3 Å². The summed E-state index contributed by atoms with van der Waals surface area (Å²) in [6.45, 7) is 9.24. The molecule has 356 valence electrons. The van der Waals surface area contributed by atoms with E-state index in [1.54, 1.807) is 48.5 Å². The van der Waals surface area contributed by atoms with E-state index in [0.717, 1.165) is 60.8 Å². The fourth-order valence-corrected chi connectivity index (χ4v) is 7.62. The van der Waals surface area contributed by atoms with Crippen molar-refractivity contribution in [2.45, 2.75) is 90.1 Å². The van der Waals surface area contributed by atoms with Crippen molar-refractivity contribution < 1.29 is 30.0 Å². The normalized spacial score (nSPS) is 11.9. The molecule has 0 aliphatic carbocycles. The number of phenolic OH excluding ortho intramolecular Hbond substituents is 2. The van der Waals surface area contributed by atoms with Crippen molar-refractivity contribution in [2.24, 2.45) is 0 Å². The van der Waals surface area contributed by atoms with Crippen LogP contribution in [-0.2, 0) is 25.9 Å². The van der Waals surface area contributed by atoms with Gasteiger partial charge < -0.3 is 41.3 Å². The minimum atomic E-state index is -0.700. The number of aliphatic hydroxyl groups is 2. The third kappa shape index (κ3) is 18.3. The highest BCUT2D eigenvalue weighted by atomic mass is 32.1. The lowest BCUT2D eigenvalue weighted by Crippen LogP contribution is -2.46. The first-order valence-corrected chi connectivity index (χ1v) is 23.1. The van der Waals surface area contributed by atoms with Gasteiger partial charge in [-0.15, -0.1) is 0 Å². The van der Waals surface area contributed by atoms with Gasteiger partial charge in [-0.3, -0.25) is 9.59 Å². The standard InChI is InChI=1S/C30H38N2O3.C26H30N2O3.H2S/c1-30(2,3)32(20-10-9-13-23-11-5-4-6-12-23)29(35)27-15-8-7-14-25(27)21-31-22-28(34)24-16-18-26(33)19-17-24;29-23-15-13-21(14-16-23)25(30)19-27-18-22-11-4-5-12-24(22)26(31)28-17-7-6-10-20-8-2-1-3-9-20;/h4-8,11-12,14-19,28,31,33-34H,9-10,13,20-22H2,1-3H3;1-5,8-9,11-16,25,27,29-30H,6-7,10,17-19H2,(H,28,31);1H2. The number of carbonyl (C=O) groups is 2. The van der Waals surface area contributed by atoms with Crippen LogP contribution in [0, 0.1) is 0 Å². The minimum Gasteiger partial charge on any atom is -0.508 e. The van der Waals surface area contributed by atoms with Gasteiger partial charge in [0, 0.05) is 55.9 Å². The summed E-state index contributed by atoms with van der Waals surface area (Å²) in [5, 5.41) is 49.0. The molecule has 0 spiro atoms. The van der Waals surface area contributed by atoms with E-state index in [2.05, 4.69) is 73.1 Å². The Morgan fingerprint density at radius 3 is 1.43 bits per heavy atom. The van der Waals surface area contributed by atoms with E-state index < -0.39 is 12.2 Å². The molecule has 0 aliphatic rings. The number of aryl methyl sites for hydroxylation is 2. The van der Waals surface area contributed by atoms with Crippen LogP contribution >= 0.6 is 13.5 Å². The van der Waals surface area contributed by atoms with Crippen molar-refractivity contribution >= 4 is 25.3 Å². The Labute approximate surface area is 404 Å². The average Bonchev–Trinajstić information content (AvgIpc) is 3.32. The maximum Gasteiger partial charge on any atom is 0.254 e. The predicted octanol–water partition coefficient (Wildman–Crippen LogP) is 9.56. The fourth-order valence-electron chi connectivity index (χ4n) is 7.62. The van der Waals surface area contributed by atoms with Gasteiger partial charge in [0.2, 0.25) is 0 Å². The summed E-state index contributed by atoms with van der Waals surface area (Å²) in [6, 6.07) is 49.1. The van der Waals surface area contributed by atoms with Crippen molar-refractivity contribution in [3.05, 3.63) is 202 Å². The van der Waals surface area contributed by atoms with E-state index in [1.165, 1.54) is 11.1 Å². The number of benzene rings is 6. The molecule has 2 unspecified atom stereocenters. The number of phenols is 2. The topological polar surface area (TPSA) is 154 Å². The zero-order chi connectivity index (χ0) is 47.2. The maximum absolute atomic E-state index is 13.7. The van der Waals surface area contributed by atoms with Crippen LogP contribution in [0.15, 0.2) is 158 Å². The number of hydrogen-bond acceptors (Lipinski definition) is 8. The van der Waals surface area contributed by atoms with Gasteiger partial charge in [-0.1, -0.05) is 121 Å². The van der Waals surface area contributed by atoms with Crippen LogP contribution in [0.3, 0.4) is 0 Å². The van der Waals surface area contributed by atoms with Crippen molar-refractivity contribution in [1.29, 1.82) is 0 Å². The molecule has 0 aromatic heterocycles. The maximum atomic E-state index is 13.7. The van der Waals surface area contributed by atoms with Crippen LogP contribution in [0.5, 0.6) is 11.5 Å². The molecule has 0 aliphatic heterocycles. The molecule has 6 aromatic carbocycles. The molecular formula is C56H70N4O6S. The zero-order valence-electron chi connectivity index (χ0n) is 39.2. The Balaban J connectivity index is 0.000000290. The molecule has 11 heteroatoms. The molecule has 0 saturated carbocycles. The molecule has 0 saturated heterocycles. The largest absolute Gasteiger partial charge is 0.508 e. The summed E-state index contributed by atoms with van der Waals surface area (Å²) in [5.41, 5.74) is 6.96. The van der Waals surface area contributed by atoms with E-state index in [0.29, 0.717) is 50.4 Å². The summed E-state index contributed by atoms with van der Waals surface area (Å²) in [7, 11) is 0. The van der Waals surface area contributed by atoms with Gasteiger partial charge in [0.1, 0.15) is 11.5 Å². The van der Waals surface area contributed by atoms with E-state index >= 15 is 0 Å². The molecule has 2 amide bonds. The Kier molecular flexibility index (Phi) is 22.6. The fraction of sp³-hybridized carbons (Fsp3) is 0.321. The van der Waals surface area contributed by atoms with Crippen molar-refractivity contribution in [3.63, 3.8) is 0 Å². The predicted molar refractivity (Wildman–Crippen MR) is 275 cm³/mol. The number of amides is 2. The highest BCUT2D eigenvalue weighted by Crippen LogP contribution is 2.22. The second-order valence-corrected chi connectivity index (χ2v) is 17.6. The Morgan fingerprint density at radius 1 is 0.537 bits per heavy atom. The first-order valence-electron chi connectivity index (χ1n) is 23.1. The summed E-state index contributed by atoms with van der Waals surface area (Å²) < 4.78 is 0. The van der Waals surface area contributed by atoms with Crippen molar-refractivity contribution in [2.75, 3.05) is 26.2 Å². The van der Waals surface area contributed by atoms with Crippen LogP contribution < -0.4 is 16.0 Å². The molecule has 6 rings (SSSR count). The SMILES string of the molecule is CC(C)(C)N(CCCCc1ccccc1)C(=O)c1ccccc1CNCC(O)c1ccc(O)cc1.O=C(NCCCCc1ccccc1)c1ccccc1CNCC(O)c1ccc(O)cc1.S. The average molecular weight is 927 g/mol. The molecule has 0 bridgehead atoms. The van der Waals surface area contributed by atoms with Crippen LogP contribution in [0.1, 0.15) is 113 Å². The number of hydrogen-bond donors (Lipinski definition) is 7. The van der Waals surface area contributed by atoms with E-state index in [9.17, 15) is 30.0 Å².